The van der Waals surface area contributed by atoms with Crippen LogP contribution in [0.5, 0.6) is 5.75 Å². The number of carbonyl (C=O) groups is 3. The molecule has 1 N–H and O–H groups in total. The molecule has 2 aromatic rings. The maximum Gasteiger partial charge on any atom is 0.294 e. The third-order valence-corrected chi connectivity index (χ3v) is 5.41. The van der Waals surface area contributed by atoms with Gasteiger partial charge in [0.05, 0.1) is 20.6 Å². The highest BCUT2D eigenvalue weighted by Gasteiger charge is 2.36. The van der Waals surface area contributed by atoms with Crippen LogP contribution in [0.2, 0.25) is 10.0 Å². The van der Waals surface area contributed by atoms with Crippen molar-refractivity contribution in [2.24, 2.45) is 0 Å². The van der Waals surface area contributed by atoms with Gasteiger partial charge in [0.2, 0.25) is 5.91 Å². The van der Waals surface area contributed by atoms with Crippen molar-refractivity contribution in [1.82, 2.24) is 4.90 Å². The Bertz CT molecular complexity index is 1120. The van der Waals surface area contributed by atoms with Crippen LogP contribution in [0.3, 0.4) is 0 Å². The molecular formula is C21H13Cl2FN2O4S. The summed E-state index contributed by atoms with van der Waals surface area (Å²) < 4.78 is 18.9. The predicted molar refractivity (Wildman–Crippen MR) is 118 cm³/mol. The van der Waals surface area contributed by atoms with E-state index in [2.05, 4.69) is 11.2 Å². The Morgan fingerprint density at radius 1 is 1.26 bits per heavy atom. The van der Waals surface area contributed by atoms with Gasteiger partial charge in [-0.2, -0.15) is 0 Å². The van der Waals surface area contributed by atoms with Gasteiger partial charge >= 0.3 is 0 Å². The van der Waals surface area contributed by atoms with Crippen LogP contribution < -0.4 is 10.1 Å². The SMILES string of the molecule is C#CCOc1c(Cl)cc(C=C2SC(=O)N(CC(=O)Nc3ccccc3F)C2=O)cc1Cl. The van der Waals surface area contributed by atoms with Gasteiger partial charge in [0.15, 0.2) is 5.75 Å². The maximum absolute atomic E-state index is 13.7. The first-order valence-electron chi connectivity index (χ1n) is 8.65. The summed E-state index contributed by atoms with van der Waals surface area (Å²) in [5.74, 6) is 0.490. The third kappa shape index (κ3) is 5.39. The Morgan fingerprint density at radius 3 is 2.58 bits per heavy atom. The van der Waals surface area contributed by atoms with E-state index in [-0.39, 0.29) is 33.0 Å². The number of hydrogen-bond acceptors (Lipinski definition) is 5. The van der Waals surface area contributed by atoms with Crippen molar-refractivity contribution in [3.63, 3.8) is 0 Å². The van der Waals surface area contributed by atoms with E-state index in [1.54, 1.807) is 6.07 Å². The molecule has 1 aliphatic heterocycles. The number of hydrogen-bond donors (Lipinski definition) is 1. The number of anilines is 1. The van der Waals surface area contributed by atoms with Crippen molar-refractivity contribution in [3.8, 4) is 18.1 Å². The zero-order valence-corrected chi connectivity index (χ0v) is 18.0. The molecule has 158 valence electrons. The van der Waals surface area contributed by atoms with Gasteiger partial charge in [-0.1, -0.05) is 41.3 Å². The van der Waals surface area contributed by atoms with Crippen LogP contribution in [0.1, 0.15) is 5.56 Å². The van der Waals surface area contributed by atoms with Crippen LogP contribution >= 0.6 is 35.0 Å². The number of rotatable bonds is 6. The number of carbonyl (C=O) groups excluding carboxylic acids is 3. The van der Waals surface area contributed by atoms with Crippen LogP contribution in [-0.2, 0) is 9.59 Å². The zero-order valence-electron chi connectivity index (χ0n) is 15.7. The molecular weight excluding hydrogens is 466 g/mol. The van der Waals surface area contributed by atoms with E-state index < -0.39 is 29.4 Å². The Kier molecular flexibility index (Phi) is 7.23. The quantitative estimate of drug-likeness (QED) is 0.475. The summed E-state index contributed by atoms with van der Waals surface area (Å²) >= 11 is 13.0. The molecule has 1 heterocycles. The smallest absolute Gasteiger partial charge is 0.294 e. The number of terminal acetylenes is 1. The van der Waals surface area contributed by atoms with Gasteiger partial charge in [0.1, 0.15) is 19.0 Å². The van der Waals surface area contributed by atoms with E-state index in [9.17, 15) is 18.8 Å². The van der Waals surface area contributed by atoms with E-state index >= 15 is 0 Å². The van der Waals surface area contributed by atoms with E-state index in [1.807, 2.05) is 0 Å². The van der Waals surface area contributed by atoms with E-state index in [0.29, 0.717) is 17.3 Å². The lowest BCUT2D eigenvalue weighted by Gasteiger charge is -2.12. The van der Waals surface area contributed by atoms with E-state index in [0.717, 1.165) is 4.90 Å². The van der Waals surface area contributed by atoms with Crippen LogP contribution in [0.15, 0.2) is 41.3 Å². The van der Waals surface area contributed by atoms with Crippen molar-refractivity contribution in [2.45, 2.75) is 0 Å². The molecule has 0 bridgehead atoms. The fourth-order valence-corrected chi connectivity index (χ4v) is 4.05. The molecule has 0 aromatic heterocycles. The Hall–Kier alpha value is -2.99. The van der Waals surface area contributed by atoms with Crippen molar-refractivity contribution in [1.29, 1.82) is 0 Å². The number of thioether (sulfide) groups is 1. The third-order valence-electron chi connectivity index (χ3n) is 3.94. The largest absolute Gasteiger partial charge is 0.478 e. The van der Waals surface area contributed by atoms with Crippen molar-refractivity contribution >= 4 is 63.8 Å². The summed E-state index contributed by atoms with van der Waals surface area (Å²) in [5.41, 5.74) is 0.399. The standard InChI is InChI=1S/C21H13Cl2FN2O4S/c1-2-7-30-19-13(22)8-12(9-14(19)23)10-17-20(28)26(21(29)31-17)11-18(27)25-16-6-4-3-5-15(16)24/h1,3-6,8-10H,7,11H2,(H,25,27). The van der Waals surface area contributed by atoms with Crippen molar-refractivity contribution in [3.05, 3.63) is 62.7 Å². The topological polar surface area (TPSA) is 75.7 Å². The number of benzene rings is 2. The number of nitrogens with zero attached hydrogens (tertiary/aromatic N) is 1. The maximum atomic E-state index is 13.7. The summed E-state index contributed by atoms with van der Waals surface area (Å²) in [6.45, 7) is -0.580. The number of halogens is 3. The average Bonchev–Trinajstić information content (AvgIpc) is 2.96. The summed E-state index contributed by atoms with van der Waals surface area (Å²) in [7, 11) is 0. The lowest BCUT2D eigenvalue weighted by atomic mass is 10.2. The minimum absolute atomic E-state index is 0.0212. The molecule has 0 spiro atoms. The van der Waals surface area contributed by atoms with Crippen LogP contribution in [0.4, 0.5) is 14.9 Å². The summed E-state index contributed by atoms with van der Waals surface area (Å²) in [6, 6.07) is 8.55. The van der Waals surface area contributed by atoms with Crippen molar-refractivity contribution in [2.75, 3.05) is 18.5 Å². The molecule has 2 aromatic carbocycles. The summed E-state index contributed by atoms with van der Waals surface area (Å²) in [6.07, 6.45) is 6.57. The van der Waals surface area contributed by atoms with Crippen molar-refractivity contribution < 1.29 is 23.5 Å². The molecule has 6 nitrogen and oxygen atoms in total. The molecule has 1 saturated heterocycles. The molecule has 0 unspecified atom stereocenters. The average molecular weight is 479 g/mol. The second-order valence-corrected chi connectivity index (χ2v) is 7.91. The fraction of sp³-hybridized carbons (Fsp3) is 0.0952. The molecule has 0 atom stereocenters. The normalized spacial score (nSPS) is 14.6. The first-order valence-corrected chi connectivity index (χ1v) is 10.2. The molecule has 31 heavy (non-hydrogen) atoms. The first-order chi connectivity index (χ1) is 14.8. The molecule has 1 fully saturated rings. The minimum atomic E-state index is -0.713. The Morgan fingerprint density at radius 2 is 1.94 bits per heavy atom. The lowest BCUT2D eigenvalue weighted by molar-refractivity contribution is -0.127. The summed E-state index contributed by atoms with van der Waals surface area (Å²) in [4.78, 5) is 37.8. The minimum Gasteiger partial charge on any atom is -0.478 e. The van der Waals surface area contributed by atoms with Gasteiger partial charge in [-0.25, -0.2) is 4.39 Å². The van der Waals surface area contributed by atoms with Gasteiger partial charge in [-0.3, -0.25) is 19.3 Å². The van der Waals surface area contributed by atoms with Crippen LogP contribution in [-0.4, -0.2) is 35.1 Å². The van der Waals surface area contributed by atoms with Gasteiger partial charge in [-0.05, 0) is 47.7 Å². The molecule has 0 saturated carbocycles. The molecule has 3 amide bonds. The Balaban J connectivity index is 1.74. The number of imide groups is 1. The molecule has 0 radical (unpaired) electrons. The summed E-state index contributed by atoms with van der Waals surface area (Å²) in [5, 5.41) is 2.05. The highest BCUT2D eigenvalue weighted by Crippen LogP contribution is 2.37. The second kappa shape index (κ2) is 9.88. The first kappa shape index (κ1) is 22.7. The highest BCUT2D eigenvalue weighted by molar-refractivity contribution is 8.18. The van der Waals surface area contributed by atoms with Gasteiger partial charge < -0.3 is 10.1 Å². The lowest BCUT2D eigenvalue weighted by Crippen LogP contribution is -2.36. The van der Waals surface area contributed by atoms with Gasteiger partial charge in [0, 0.05) is 0 Å². The number of para-hydroxylation sites is 1. The fourth-order valence-electron chi connectivity index (χ4n) is 2.60. The second-order valence-electron chi connectivity index (χ2n) is 6.10. The van der Waals surface area contributed by atoms with Crippen LogP contribution in [0, 0.1) is 18.2 Å². The van der Waals surface area contributed by atoms with Gasteiger partial charge in [0.25, 0.3) is 11.1 Å². The van der Waals surface area contributed by atoms with E-state index in [1.165, 1.54) is 36.4 Å². The monoisotopic (exact) mass is 478 g/mol. The number of nitrogens with one attached hydrogen (secondary N) is 1. The molecule has 1 aliphatic rings. The van der Waals surface area contributed by atoms with Crippen LogP contribution in [0.25, 0.3) is 6.08 Å². The predicted octanol–water partition coefficient (Wildman–Crippen LogP) is 4.82. The molecule has 10 heteroatoms. The zero-order chi connectivity index (χ0) is 22.5. The number of ether oxygens (including phenoxy) is 1. The Labute approximate surface area is 191 Å². The van der Waals surface area contributed by atoms with E-state index in [4.69, 9.17) is 34.4 Å². The molecule has 3 rings (SSSR count). The molecule has 0 aliphatic carbocycles. The van der Waals surface area contributed by atoms with Gasteiger partial charge in [-0.15, -0.1) is 6.42 Å². The number of amides is 3. The highest BCUT2D eigenvalue weighted by atomic mass is 35.5.